The molecule has 0 aliphatic heterocycles. The Morgan fingerprint density at radius 3 is 2.77 bits per heavy atom. The summed E-state index contributed by atoms with van der Waals surface area (Å²) >= 11 is 0. The zero-order valence-electron chi connectivity index (χ0n) is 12.1. The molecule has 1 aromatic carbocycles. The van der Waals surface area contributed by atoms with Crippen LogP contribution in [0, 0.1) is 11.6 Å². The third-order valence-electron chi connectivity index (χ3n) is 3.76. The molecule has 0 unspecified atom stereocenters. The van der Waals surface area contributed by atoms with E-state index in [1.54, 1.807) is 12.4 Å². The average molecular weight is 301 g/mol. The standard InChI is InChI=1S/C17H17F2N3/c18-12-8-14-13(5-1-2-6-20)16(11-4-3-7-21-10-11)22-17(14)15(19)9-12/h3-4,7-10,22H,1-2,5-6,20H2. The first kappa shape index (κ1) is 14.7. The minimum Gasteiger partial charge on any atom is -0.352 e. The molecule has 2 heterocycles. The third kappa shape index (κ3) is 2.72. The number of nitrogens with one attached hydrogen (secondary N) is 1. The number of unbranched alkanes of at least 4 members (excludes halogenated alkanes) is 1. The van der Waals surface area contributed by atoms with Crippen LogP contribution in [0.3, 0.4) is 0 Å². The molecular weight excluding hydrogens is 284 g/mol. The quantitative estimate of drug-likeness (QED) is 0.704. The molecule has 0 aliphatic carbocycles. The lowest BCUT2D eigenvalue weighted by Crippen LogP contribution is -1.99. The minimum absolute atomic E-state index is 0.336. The maximum atomic E-state index is 14.0. The molecule has 3 nitrogen and oxygen atoms in total. The van der Waals surface area contributed by atoms with Gasteiger partial charge in [-0.15, -0.1) is 0 Å². The van der Waals surface area contributed by atoms with Crippen molar-refractivity contribution in [1.82, 2.24) is 9.97 Å². The maximum Gasteiger partial charge on any atom is 0.150 e. The largest absolute Gasteiger partial charge is 0.352 e. The number of pyridine rings is 1. The molecule has 5 heteroatoms. The fraction of sp³-hybridized carbons (Fsp3) is 0.235. The number of nitrogens with zero attached hydrogens (tertiary/aromatic N) is 1. The van der Waals surface area contributed by atoms with Crippen molar-refractivity contribution in [2.45, 2.75) is 19.3 Å². The van der Waals surface area contributed by atoms with E-state index in [2.05, 4.69) is 9.97 Å². The zero-order chi connectivity index (χ0) is 15.5. The second-order valence-electron chi connectivity index (χ2n) is 5.28. The van der Waals surface area contributed by atoms with Crippen LogP contribution in [0.4, 0.5) is 8.78 Å². The SMILES string of the molecule is NCCCCc1c(-c2cccnc2)[nH]c2c(F)cc(F)cc12. The number of aryl methyl sites for hydroxylation is 1. The van der Waals surface area contributed by atoms with E-state index in [-0.39, 0.29) is 0 Å². The Hall–Kier alpha value is -2.27. The highest BCUT2D eigenvalue weighted by atomic mass is 19.1. The molecule has 0 saturated heterocycles. The van der Waals surface area contributed by atoms with Crippen molar-refractivity contribution in [2.75, 3.05) is 6.54 Å². The van der Waals surface area contributed by atoms with E-state index in [0.717, 1.165) is 35.7 Å². The lowest BCUT2D eigenvalue weighted by Gasteiger charge is -2.04. The summed E-state index contributed by atoms with van der Waals surface area (Å²) in [5.74, 6) is -1.15. The highest BCUT2D eigenvalue weighted by Crippen LogP contribution is 2.33. The number of H-pyrrole nitrogens is 1. The Morgan fingerprint density at radius 1 is 1.18 bits per heavy atom. The predicted octanol–water partition coefficient (Wildman–Crippen LogP) is 3.79. The monoisotopic (exact) mass is 301 g/mol. The molecule has 0 radical (unpaired) electrons. The van der Waals surface area contributed by atoms with Crippen molar-refractivity contribution < 1.29 is 8.78 Å². The van der Waals surface area contributed by atoms with E-state index in [0.29, 0.717) is 23.9 Å². The average Bonchev–Trinajstić information content (AvgIpc) is 2.88. The van der Waals surface area contributed by atoms with E-state index in [9.17, 15) is 8.78 Å². The number of hydrogen-bond acceptors (Lipinski definition) is 2. The molecule has 0 fully saturated rings. The van der Waals surface area contributed by atoms with Crippen LogP contribution in [0.25, 0.3) is 22.2 Å². The van der Waals surface area contributed by atoms with E-state index in [1.165, 1.54) is 6.07 Å². The summed E-state index contributed by atoms with van der Waals surface area (Å²) in [6.07, 6.45) is 5.85. The van der Waals surface area contributed by atoms with E-state index < -0.39 is 11.6 Å². The van der Waals surface area contributed by atoms with Gasteiger partial charge in [0, 0.05) is 29.4 Å². The summed E-state index contributed by atoms with van der Waals surface area (Å²) < 4.78 is 27.6. The Morgan fingerprint density at radius 2 is 2.05 bits per heavy atom. The molecule has 22 heavy (non-hydrogen) atoms. The zero-order valence-corrected chi connectivity index (χ0v) is 12.1. The van der Waals surface area contributed by atoms with Crippen molar-refractivity contribution >= 4 is 10.9 Å². The summed E-state index contributed by atoms with van der Waals surface area (Å²) in [6.45, 7) is 0.604. The molecule has 0 amide bonds. The second-order valence-corrected chi connectivity index (χ2v) is 5.28. The van der Waals surface area contributed by atoms with Gasteiger partial charge in [-0.3, -0.25) is 4.98 Å². The number of rotatable bonds is 5. The topological polar surface area (TPSA) is 54.7 Å². The molecule has 3 N–H and O–H groups in total. The Labute approximate surface area is 127 Å². The smallest absolute Gasteiger partial charge is 0.150 e. The fourth-order valence-corrected chi connectivity index (χ4v) is 2.74. The molecule has 3 aromatic rings. The van der Waals surface area contributed by atoms with Gasteiger partial charge in [-0.2, -0.15) is 0 Å². The van der Waals surface area contributed by atoms with E-state index in [4.69, 9.17) is 5.73 Å². The highest BCUT2D eigenvalue weighted by Gasteiger charge is 2.16. The van der Waals surface area contributed by atoms with Crippen LogP contribution in [-0.2, 0) is 6.42 Å². The maximum absolute atomic E-state index is 14.0. The van der Waals surface area contributed by atoms with Gasteiger partial charge in [-0.25, -0.2) is 8.78 Å². The summed E-state index contributed by atoms with van der Waals surface area (Å²) in [5.41, 5.74) is 8.45. The normalized spacial score (nSPS) is 11.2. The minimum atomic E-state index is -0.579. The van der Waals surface area contributed by atoms with Crippen molar-refractivity contribution in [2.24, 2.45) is 5.73 Å². The molecule has 0 atom stereocenters. The first-order valence-corrected chi connectivity index (χ1v) is 7.30. The number of hydrogen-bond donors (Lipinski definition) is 2. The second kappa shape index (κ2) is 6.23. The van der Waals surface area contributed by atoms with Crippen LogP contribution >= 0.6 is 0 Å². The number of aromatic amines is 1. The van der Waals surface area contributed by atoms with Gasteiger partial charge in [-0.05, 0) is 49.6 Å². The Kier molecular flexibility index (Phi) is 4.15. The molecule has 0 saturated carbocycles. The summed E-state index contributed by atoms with van der Waals surface area (Å²) in [7, 11) is 0. The van der Waals surface area contributed by atoms with Gasteiger partial charge in [0.1, 0.15) is 11.6 Å². The lowest BCUT2D eigenvalue weighted by atomic mass is 10.0. The van der Waals surface area contributed by atoms with Gasteiger partial charge in [0.2, 0.25) is 0 Å². The third-order valence-corrected chi connectivity index (χ3v) is 3.76. The fourth-order valence-electron chi connectivity index (χ4n) is 2.74. The van der Waals surface area contributed by atoms with Crippen molar-refractivity contribution in [1.29, 1.82) is 0 Å². The van der Waals surface area contributed by atoms with Gasteiger partial charge in [0.15, 0.2) is 0 Å². The van der Waals surface area contributed by atoms with Gasteiger partial charge >= 0.3 is 0 Å². The van der Waals surface area contributed by atoms with Gasteiger partial charge < -0.3 is 10.7 Å². The van der Waals surface area contributed by atoms with E-state index >= 15 is 0 Å². The molecule has 3 rings (SSSR count). The van der Waals surface area contributed by atoms with Crippen LogP contribution in [-0.4, -0.2) is 16.5 Å². The molecular formula is C17H17F2N3. The predicted molar refractivity (Wildman–Crippen MR) is 83.4 cm³/mol. The molecule has 2 aromatic heterocycles. The van der Waals surface area contributed by atoms with Crippen LogP contribution in [0.5, 0.6) is 0 Å². The van der Waals surface area contributed by atoms with E-state index in [1.807, 2.05) is 12.1 Å². The number of nitrogens with two attached hydrogens (primary N) is 1. The van der Waals surface area contributed by atoms with Crippen LogP contribution in [0.15, 0.2) is 36.7 Å². The first-order chi connectivity index (χ1) is 10.7. The number of aromatic nitrogens is 2. The summed E-state index contributed by atoms with van der Waals surface area (Å²) in [5, 5.41) is 0.591. The van der Waals surface area contributed by atoms with Crippen LogP contribution in [0.1, 0.15) is 18.4 Å². The van der Waals surface area contributed by atoms with Crippen molar-refractivity contribution in [3.8, 4) is 11.3 Å². The summed E-state index contributed by atoms with van der Waals surface area (Å²) in [6, 6.07) is 6.00. The summed E-state index contributed by atoms with van der Waals surface area (Å²) in [4.78, 5) is 7.19. The number of halogens is 2. The van der Waals surface area contributed by atoms with Crippen molar-refractivity contribution in [3.05, 3.63) is 53.9 Å². The lowest BCUT2D eigenvalue weighted by molar-refractivity contribution is 0.591. The molecule has 0 bridgehead atoms. The molecule has 114 valence electrons. The Bertz CT molecular complexity index is 781. The Balaban J connectivity index is 2.17. The van der Waals surface area contributed by atoms with Gasteiger partial charge in [-0.1, -0.05) is 0 Å². The van der Waals surface area contributed by atoms with Gasteiger partial charge in [0.25, 0.3) is 0 Å². The molecule has 0 aliphatic rings. The first-order valence-electron chi connectivity index (χ1n) is 7.30. The van der Waals surface area contributed by atoms with Crippen molar-refractivity contribution in [3.63, 3.8) is 0 Å². The van der Waals surface area contributed by atoms with Crippen LogP contribution < -0.4 is 5.73 Å². The highest BCUT2D eigenvalue weighted by molar-refractivity contribution is 5.91. The molecule has 0 spiro atoms. The van der Waals surface area contributed by atoms with Gasteiger partial charge in [0.05, 0.1) is 11.2 Å². The number of benzene rings is 1. The van der Waals surface area contributed by atoms with Crippen LogP contribution in [0.2, 0.25) is 0 Å². The number of fused-ring (bicyclic) bond motifs is 1.